The van der Waals surface area contributed by atoms with Crippen LogP contribution in [0.5, 0.6) is 0 Å². The molecule has 154 valence electrons. The Morgan fingerprint density at radius 1 is 1.00 bits per heavy atom. The Morgan fingerprint density at radius 2 is 1.77 bits per heavy atom. The zero-order chi connectivity index (χ0) is 21.2. The first-order chi connectivity index (χ1) is 15.2. The van der Waals surface area contributed by atoms with Gasteiger partial charge >= 0.3 is 6.09 Å². The second-order valence-electron chi connectivity index (χ2n) is 7.55. The van der Waals surface area contributed by atoms with Gasteiger partial charge in [-0.3, -0.25) is 4.90 Å². The number of amides is 1. The topological polar surface area (TPSA) is 67.4 Å². The predicted molar refractivity (Wildman–Crippen MR) is 121 cm³/mol. The molecular weight excluding hydrogens is 388 g/mol. The number of hydrogen-bond acceptors (Lipinski definition) is 5. The summed E-state index contributed by atoms with van der Waals surface area (Å²) in [6, 6.07) is 25.9. The molecule has 1 amide bonds. The van der Waals surface area contributed by atoms with Crippen molar-refractivity contribution < 1.29 is 9.53 Å². The van der Waals surface area contributed by atoms with Crippen LogP contribution in [-0.4, -0.2) is 22.7 Å². The molecule has 2 heterocycles. The second kappa shape index (κ2) is 8.07. The zero-order valence-corrected chi connectivity index (χ0v) is 17.1. The maximum atomic E-state index is 12.5. The van der Waals surface area contributed by atoms with Gasteiger partial charge in [0.25, 0.3) is 0 Å². The molecule has 5 rings (SSSR count). The molecule has 0 radical (unpaired) electrons. The molecule has 0 unspecified atom stereocenters. The largest absolute Gasteiger partial charge is 0.447 e. The van der Waals surface area contributed by atoms with Crippen molar-refractivity contribution in [2.75, 3.05) is 16.8 Å². The first-order valence-electron chi connectivity index (χ1n) is 10.3. The lowest BCUT2D eigenvalue weighted by molar-refractivity contribution is 0.179. The summed E-state index contributed by atoms with van der Waals surface area (Å²) < 4.78 is 5.33. The highest BCUT2D eigenvalue weighted by atomic mass is 16.6. The van der Waals surface area contributed by atoms with Crippen LogP contribution in [0.4, 0.5) is 16.6 Å². The number of cyclic esters (lactones) is 1. The summed E-state index contributed by atoms with van der Waals surface area (Å²) in [6.45, 7) is 2.37. The van der Waals surface area contributed by atoms with Crippen molar-refractivity contribution >= 4 is 28.6 Å². The number of hydrogen-bond donors (Lipinski definition) is 1. The lowest BCUT2D eigenvalue weighted by Gasteiger charge is -2.22. The van der Waals surface area contributed by atoms with E-state index in [-0.39, 0.29) is 12.1 Å². The van der Waals surface area contributed by atoms with Crippen LogP contribution in [0.15, 0.2) is 85.1 Å². The number of anilines is 2. The maximum Gasteiger partial charge on any atom is 0.416 e. The Bertz CT molecular complexity index is 1220. The summed E-state index contributed by atoms with van der Waals surface area (Å²) in [4.78, 5) is 23.1. The monoisotopic (exact) mass is 410 g/mol. The van der Waals surface area contributed by atoms with Crippen molar-refractivity contribution in [3.8, 4) is 0 Å². The van der Waals surface area contributed by atoms with E-state index in [9.17, 15) is 4.79 Å². The van der Waals surface area contributed by atoms with Crippen LogP contribution in [0.25, 0.3) is 10.8 Å². The van der Waals surface area contributed by atoms with Crippen LogP contribution in [0.2, 0.25) is 0 Å². The van der Waals surface area contributed by atoms with Gasteiger partial charge in [-0.2, -0.15) is 4.98 Å². The molecule has 1 saturated heterocycles. The smallest absolute Gasteiger partial charge is 0.416 e. The van der Waals surface area contributed by atoms with E-state index in [0.717, 1.165) is 11.1 Å². The number of nitrogens with zero attached hydrogens (tertiary/aromatic N) is 3. The summed E-state index contributed by atoms with van der Waals surface area (Å²) in [5, 5.41) is 5.76. The molecule has 1 aliphatic rings. The minimum Gasteiger partial charge on any atom is -0.447 e. The maximum absolute atomic E-state index is 12.5. The van der Waals surface area contributed by atoms with Gasteiger partial charge in [0.1, 0.15) is 18.5 Å². The number of aromatic nitrogens is 2. The lowest BCUT2D eigenvalue weighted by Crippen LogP contribution is -2.28. The molecule has 31 heavy (non-hydrogen) atoms. The summed E-state index contributed by atoms with van der Waals surface area (Å²) in [5.74, 6) is 0.975. The molecule has 0 bridgehead atoms. The average Bonchev–Trinajstić information content (AvgIpc) is 3.21. The van der Waals surface area contributed by atoms with Gasteiger partial charge < -0.3 is 10.1 Å². The molecule has 6 heteroatoms. The standard InChI is InChI=1S/C25H22N4O2/c1-17(20-13-7-11-18-8-5-6-12-21(18)20)27-24-26-15-14-23(28-24)29-22(16-31-25(29)30)19-9-3-2-4-10-19/h2-15,17,22H,16H2,1H3,(H,26,27,28)/t17-,22-/m0/s1. The fourth-order valence-corrected chi connectivity index (χ4v) is 4.05. The van der Waals surface area contributed by atoms with Gasteiger partial charge in [0.05, 0.1) is 6.04 Å². The van der Waals surface area contributed by atoms with E-state index in [1.54, 1.807) is 17.2 Å². The number of rotatable bonds is 5. The van der Waals surface area contributed by atoms with Crippen LogP contribution in [0.3, 0.4) is 0 Å². The van der Waals surface area contributed by atoms with Gasteiger partial charge in [-0.25, -0.2) is 9.78 Å². The number of carbonyl (C=O) groups is 1. The summed E-state index contributed by atoms with van der Waals surface area (Å²) in [6.07, 6.45) is 1.26. The van der Waals surface area contributed by atoms with Gasteiger partial charge in [-0.05, 0) is 34.9 Å². The number of nitrogens with one attached hydrogen (secondary N) is 1. The Morgan fingerprint density at radius 3 is 2.65 bits per heavy atom. The van der Waals surface area contributed by atoms with E-state index < -0.39 is 6.09 Å². The Hall–Kier alpha value is -3.93. The quantitative estimate of drug-likeness (QED) is 0.470. The third kappa shape index (κ3) is 3.68. The van der Waals surface area contributed by atoms with Crippen LogP contribution in [0, 0.1) is 0 Å². The van der Waals surface area contributed by atoms with Crippen LogP contribution < -0.4 is 10.2 Å². The van der Waals surface area contributed by atoms with Crippen molar-refractivity contribution in [2.45, 2.75) is 19.0 Å². The number of ether oxygens (including phenoxy) is 1. The normalized spacial score (nSPS) is 16.9. The molecule has 3 aromatic carbocycles. The molecule has 1 aromatic heterocycles. The van der Waals surface area contributed by atoms with Crippen molar-refractivity contribution in [3.63, 3.8) is 0 Å². The zero-order valence-electron chi connectivity index (χ0n) is 17.1. The fourth-order valence-electron chi connectivity index (χ4n) is 4.05. The molecule has 4 aromatic rings. The number of carbonyl (C=O) groups excluding carboxylic acids is 1. The molecule has 0 aliphatic carbocycles. The van der Waals surface area contributed by atoms with Crippen LogP contribution in [0.1, 0.15) is 30.1 Å². The average molecular weight is 410 g/mol. The van der Waals surface area contributed by atoms with Crippen molar-refractivity contribution in [1.82, 2.24) is 9.97 Å². The Labute approximate surface area is 180 Å². The predicted octanol–water partition coefficient (Wildman–Crippen LogP) is 5.50. The van der Waals surface area contributed by atoms with Gasteiger partial charge in [0.2, 0.25) is 5.95 Å². The molecule has 1 fully saturated rings. The minimum atomic E-state index is -0.402. The fraction of sp³-hybridized carbons (Fsp3) is 0.160. The van der Waals surface area contributed by atoms with Crippen molar-refractivity contribution in [3.05, 3.63) is 96.2 Å². The summed E-state index contributed by atoms with van der Waals surface area (Å²) in [5.41, 5.74) is 2.17. The SMILES string of the molecule is C[C@H](Nc1nccc(N2C(=O)OC[C@H]2c2ccccc2)n1)c1cccc2ccccc12. The van der Waals surface area contributed by atoms with E-state index >= 15 is 0 Å². The van der Waals surface area contributed by atoms with Gasteiger partial charge in [-0.1, -0.05) is 72.8 Å². The number of benzene rings is 3. The highest BCUT2D eigenvalue weighted by molar-refractivity contribution is 5.89. The summed E-state index contributed by atoms with van der Waals surface area (Å²) in [7, 11) is 0. The molecule has 6 nitrogen and oxygen atoms in total. The van der Waals surface area contributed by atoms with Crippen LogP contribution in [-0.2, 0) is 4.74 Å². The minimum absolute atomic E-state index is 0.0169. The molecule has 0 saturated carbocycles. The van der Waals surface area contributed by atoms with E-state index in [4.69, 9.17) is 4.74 Å². The van der Waals surface area contributed by atoms with Gasteiger partial charge in [0, 0.05) is 6.20 Å². The summed E-state index contributed by atoms with van der Waals surface area (Å²) >= 11 is 0. The first kappa shape index (κ1) is 19.1. The second-order valence-corrected chi connectivity index (χ2v) is 7.55. The third-order valence-electron chi connectivity index (χ3n) is 5.58. The first-order valence-corrected chi connectivity index (χ1v) is 10.3. The molecular formula is C25H22N4O2. The van der Waals surface area contributed by atoms with Gasteiger partial charge in [0.15, 0.2) is 0 Å². The van der Waals surface area contributed by atoms with E-state index in [1.165, 1.54) is 10.8 Å². The van der Waals surface area contributed by atoms with Gasteiger partial charge in [-0.15, -0.1) is 0 Å². The molecule has 0 spiro atoms. The van der Waals surface area contributed by atoms with E-state index in [0.29, 0.717) is 18.4 Å². The van der Waals surface area contributed by atoms with Crippen molar-refractivity contribution in [2.24, 2.45) is 0 Å². The highest BCUT2D eigenvalue weighted by Crippen LogP contribution is 2.32. The van der Waals surface area contributed by atoms with Crippen molar-refractivity contribution in [1.29, 1.82) is 0 Å². The van der Waals surface area contributed by atoms with E-state index in [1.807, 2.05) is 42.5 Å². The lowest BCUT2D eigenvalue weighted by atomic mass is 10.00. The molecule has 2 atom stereocenters. The highest BCUT2D eigenvalue weighted by Gasteiger charge is 2.36. The van der Waals surface area contributed by atoms with E-state index in [2.05, 4.69) is 52.5 Å². The molecule has 1 N–H and O–H groups in total. The Kier molecular flexibility index (Phi) is 4.96. The molecule has 1 aliphatic heterocycles. The third-order valence-corrected chi connectivity index (χ3v) is 5.58. The Balaban J connectivity index is 1.43. The van der Waals surface area contributed by atoms with Crippen LogP contribution >= 0.6 is 0 Å². The number of fused-ring (bicyclic) bond motifs is 1.